The largest absolute Gasteiger partial charge is 0.507 e. The monoisotopic (exact) mass is 1170 g/mol. The van der Waals surface area contributed by atoms with Crippen LogP contribution in [0.4, 0.5) is 0 Å². The van der Waals surface area contributed by atoms with Crippen molar-refractivity contribution in [3.05, 3.63) is 221 Å². The molecular formula is C63H54Mo2O10. The van der Waals surface area contributed by atoms with Crippen LogP contribution in [0.25, 0.3) is 87.0 Å². The van der Waals surface area contributed by atoms with Crippen molar-refractivity contribution in [3.8, 4) is 11.5 Å². The molecular weight excluding hydrogens is 1110 g/mol. The zero-order valence-electron chi connectivity index (χ0n) is 42.6. The quantitative estimate of drug-likeness (QED) is 0.0989. The second kappa shape index (κ2) is 23.0. The molecule has 2 N–H and O–H groups in total. The minimum absolute atomic E-state index is 0. The molecule has 0 atom stereocenters. The predicted molar refractivity (Wildman–Crippen MR) is 295 cm³/mol. The van der Waals surface area contributed by atoms with Crippen LogP contribution < -0.4 is 22.5 Å². The van der Waals surface area contributed by atoms with E-state index >= 15 is 0 Å². The van der Waals surface area contributed by atoms with Gasteiger partial charge in [0.2, 0.25) is 0 Å². The van der Waals surface area contributed by atoms with Crippen LogP contribution in [0.5, 0.6) is 11.5 Å². The maximum absolute atomic E-state index is 12.0. The summed E-state index contributed by atoms with van der Waals surface area (Å²) >= 11 is 0. The van der Waals surface area contributed by atoms with Gasteiger partial charge in [-0.15, -0.1) is 0 Å². The molecule has 10 nitrogen and oxygen atoms in total. The predicted octanol–water partition coefficient (Wildman–Crippen LogP) is 15.2. The van der Waals surface area contributed by atoms with Crippen molar-refractivity contribution in [1.29, 1.82) is 0 Å². The first-order valence-corrected chi connectivity index (χ1v) is 24.2. The van der Waals surface area contributed by atoms with E-state index in [2.05, 4.69) is 25.1 Å². The van der Waals surface area contributed by atoms with Gasteiger partial charge in [0.25, 0.3) is 0 Å². The molecule has 0 saturated carbocycles. The van der Waals surface area contributed by atoms with Crippen LogP contribution in [0.3, 0.4) is 0 Å². The van der Waals surface area contributed by atoms with E-state index in [-0.39, 0.29) is 93.9 Å². The first kappa shape index (κ1) is 55.4. The van der Waals surface area contributed by atoms with E-state index in [0.29, 0.717) is 44.2 Å². The summed E-state index contributed by atoms with van der Waals surface area (Å²) in [4.78, 5) is 47.5. The van der Waals surface area contributed by atoms with E-state index in [1.165, 1.54) is 5.56 Å². The zero-order chi connectivity index (χ0) is 51.8. The number of aryl methyl sites for hydroxylation is 2. The van der Waals surface area contributed by atoms with Crippen molar-refractivity contribution in [3.63, 3.8) is 0 Å². The average molecular weight is 1160 g/mol. The molecule has 12 heteroatoms. The number of hydrogen-bond acceptors (Lipinski definition) is 10. The Kier molecular flexibility index (Phi) is 17.0. The summed E-state index contributed by atoms with van der Waals surface area (Å²) in [5, 5.41) is 30.4. The molecule has 378 valence electrons. The molecule has 75 heavy (non-hydrogen) atoms. The van der Waals surface area contributed by atoms with Gasteiger partial charge in [0.1, 0.15) is 33.8 Å². The maximum Gasteiger partial charge on any atom is 0.339 e. The molecule has 0 spiro atoms. The number of phenolic OH excluding ortho intramolecular Hbond substituents is 2. The molecule has 0 aliphatic heterocycles. The molecule has 8 aromatic carbocycles. The minimum Gasteiger partial charge on any atom is -0.507 e. The Morgan fingerprint density at radius 1 is 0.320 bits per heavy atom. The molecule has 12 rings (SSSR count). The zero-order valence-corrected chi connectivity index (χ0v) is 46.7. The fourth-order valence-electron chi connectivity index (χ4n) is 9.14. The molecule has 4 aromatic heterocycles. The summed E-state index contributed by atoms with van der Waals surface area (Å²) in [5.74, 6) is 0.856. The first-order chi connectivity index (χ1) is 35.0. The van der Waals surface area contributed by atoms with Gasteiger partial charge in [0.05, 0.1) is 0 Å². The van der Waals surface area contributed by atoms with Crippen LogP contribution >= 0.6 is 0 Å². The molecule has 0 aliphatic carbocycles. The second-order valence-corrected chi connectivity index (χ2v) is 19.2. The normalized spacial score (nSPS) is 11.1. The van der Waals surface area contributed by atoms with E-state index < -0.39 is 0 Å². The third kappa shape index (κ3) is 11.2. The SMILES string of the molecule is CC(C)c1cc2ccc3c(O)cccc3c2oc1=O.CC(C)c1cc2ccc3ccccc3c2oc1=O.Cc1cc2ccc3c(O)cccc3c2oc1=O.Cc1cccc2c1ccc1cc(C(C)C)c(=O)oc12.[Mo].[Mo]. The van der Waals surface area contributed by atoms with Gasteiger partial charge in [-0.05, 0) is 96.5 Å². The third-order valence-corrected chi connectivity index (χ3v) is 13.2. The topological polar surface area (TPSA) is 161 Å². The molecule has 0 fully saturated rings. The van der Waals surface area contributed by atoms with Gasteiger partial charge < -0.3 is 27.9 Å². The van der Waals surface area contributed by atoms with Crippen LogP contribution in [0, 0.1) is 13.8 Å². The van der Waals surface area contributed by atoms with Crippen molar-refractivity contribution in [2.24, 2.45) is 0 Å². The standard InChI is InChI=1S/C17H16O2.C16H14O3.C16H14O2.C14H10O3.2Mo/c1-10(2)15-9-12-7-8-13-11(3)5-4-6-14(13)16(12)19-17(15)18;1-9(2)13-8-10-6-7-11-12(4-3-5-14(11)17)15(10)19-16(13)18;1-10(2)14-9-12-8-7-11-5-3-4-6-13(11)15(12)18-16(14)17;1-8-7-9-5-6-10-11(3-2-4-12(10)15)13(9)17-14(8)16;;/h4-10H,1-3H3;3-9,17H,1-2H3;3-10H,1-2H3;2-7,15H,1H3;;. The Balaban J connectivity index is 0.000000145. The molecule has 0 aliphatic rings. The molecule has 12 aromatic rings. The summed E-state index contributed by atoms with van der Waals surface area (Å²) in [6.45, 7) is 15.7. The van der Waals surface area contributed by atoms with Crippen LogP contribution in [0.15, 0.2) is 189 Å². The molecule has 0 unspecified atom stereocenters. The smallest absolute Gasteiger partial charge is 0.339 e. The summed E-state index contributed by atoms with van der Waals surface area (Å²) in [6, 6.07) is 47.5. The Labute approximate surface area is 459 Å². The van der Waals surface area contributed by atoms with Crippen LogP contribution in [0.1, 0.15) is 87.1 Å². The van der Waals surface area contributed by atoms with Gasteiger partial charge in [0.15, 0.2) is 0 Å². The van der Waals surface area contributed by atoms with Crippen molar-refractivity contribution in [1.82, 2.24) is 0 Å². The van der Waals surface area contributed by atoms with E-state index in [4.69, 9.17) is 17.7 Å². The number of hydrogen-bond donors (Lipinski definition) is 2. The fourth-order valence-corrected chi connectivity index (χ4v) is 9.14. The third-order valence-electron chi connectivity index (χ3n) is 13.2. The average Bonchev–Trinajstić information content (AvgIpc) is 3.37. The minimum atomic E-state index is -0.339. The number of benzene rings is 8. The maximum atomic E-state index is 12.0. The van der Waals surface area contributed by atoms with E-state index in [1.807, 2.05) is 145 Å². The molecule has 0 saturated heterocycles. The van der Waals surface area contributed by atoms with E-state index in [1.54, 1.807) is 37.3 Å². The summed E-state index contributed by atoms with van der Waals surface area (Å²) in [7, 11) is 0. The van der Waals surface area contributed by atoms with Gasteiger partial charge >= 0.3 is 22.5 Å². The Morgan fingerprint density at radius 3 is 1.11 bits per heavy atom. The van der Waals surface area contributed by atoms with Gasteiger partial charge in [0, 0.05) is 118 Å². The molecule has 4 heterocycles. The van der Waals surface area contributed by atoms with Gasteiger partial charge in [-0.3, -0.25) is 0 Å². The summed E-state index contributed by atoms with van der Waals surface area (Å²) in [5.41, 5.74) is 5.24. The second-order valence-electron chi connectivity index (χ2n) is 19.2. The summed E-state index contributed by atoms with van der Waals surface area (Å²) < 4.78 is 21.8. The molecule has 0 bridgehead atoms. The Bertz CT molecular complexity index is 4210. The van der Waals surface area contributed by atoms with E-state index in [9.17, 15) is 29.4 Å². The van der Waals surface area contributed by atoms with Crippen LogP contribution in [0.2, 0.25) is 0 Å². The number of rotatable bonds is 3. The number of fused-ring (bicyclic) bond motifs is 12. The Morgan fingerprint density at radius 2 is 0.653 bits per heavy atom. The van der Waals surface area contributed by atoms with Crippen molar-refractivity contribution < 1.29 is 70.0 Å². The van der Waals surface area contributed by atoms with Crippen molar-refractivity contribution in [2.45, 2.75) is 73.1 Å². The molecule has 0 amide bonds. The first-order valence-electron chi connectivity index (χ1n) is 24.2. The van der Waals surface area contributed by atoms with E-state index in [0.717, 1.165) is 65.0 Å². The van der Waals surface area contributed by atoms with Crippen LogP contribution in [-0.4, -0.2) is 10.2 Å². The van der Waals surface area contributed by atoms with Crippen LogP contribution in [-0.2, 0) is 42.1 Å². The van der Waals surface area contributed by atoms with Crippen molar-refractivity contribution >= 4 is 87.0 Å². The van der Waals surface area contributed by atoms with Crippen molar-refractivity contribution in [2.75, 3.05) is 0 Å². The van der Waals surface area contributed by atoms with Gasteiger partial charge in [-0.25, -0.2) is 19.2 Å². The summed E-state index contributed by atoms with van der Waals surface area (Å²) in [6.07, 6.45) is 0. The number of aromatic hydroxyl groups is 2. The van der Waals surface area contributed by atoms with Gasteiger partial charge in [-0.2, -0.15) is 0 Å². The fraction of sp³-hybridized carbons (Fsp3) is 0.175. The van der Waals surface area contributed by atoms with Gasteiger partial charge in [-0.1, -0.05) is 145 Å². The Hall–Kier alpha value is -7.38. The number of phenols is 2. The molecule has 0 radical (unpaired) electrons.